The van der Waals surface area contributed by atoms with Gasteiger partial charge in [-0.1, -0.05) is 72.8 Å². The zero-order chi connectivity index (χ0) is 30.4. The van der Waals surface area contributed by atoms with Gasteiger partial charge in [-0.3, -0.25) is 9.59 Å². The van der Waals surface area contributed by atoms with Crippen molar-refractivity contribution in [2.24, 2.45) is 0 Å². The van der Waals surface area contributed by atoms with E-state index < -0.39 is 30.3 Å². The second-order valence-electron chi connectivity index (χ2n) is 10.2. The molecule has 0 spiro atoms. The number of nitrogens with one attached hydrogen (secondary N) is 2. The molecule has 2 unspecified atom stereocenters. The predicted molar refractivity (Wildman–Crippen MR) is 154 cm³/mol. The Labute approximate surface area is 246 Å². The van der Waals surface area contributed by atoms with Gasteiger partial charge in [0, 0.05) is 18.0 Å². The maximum atomic E-state index is 13.1. The smallest absolute Gasteiger partial charge is 0.419 e. The summed E-state index contributed by atoms with van der Waals surface area (Å²) in [5.74, 6) is -4.48. The minimum Gasteiger partial charge on any atom is -0.419 e. The number of carbonyl (C=O) groups is 3. The van der Waals surface area contributed by atoms with E-state index in [9.17, 15) is 27.6 Å². The fraction of sp³-hybridized carbons (Fsp3) is 0.242. The lowest BCUT2D eigenvalue weighted by atomic mass is 9.87. The molecule has 1 amide bonds. The second-order valence-corrected chi connectivity index (χ2v) is 10.2. The van der Waals surface area contributed by atoms with Crippen LogP contribution in [0.15, 0.2) is 91.0 Å². The monoisotopic (exact) mass is 590 g/mol. The van der Waals surface area contributed by atoms with Crippen LogP contribution in [-0.4, -0.2) is 49.6 Å². The average Bonchev–Trinajstić information content (AvgIpc) is 3.02. The molecule has 0 aliphatic carbocycles. The first-order chi connectivity index (χ1) is 20.7. The number of amides is 1. The van der Waals surface area contributed by atoms with Crippen LogP contribution in [0.3, 0.4) is 0 Å². The third-order valence-electron chi connectivity index (χ3n) is 7.32. The van der Waals surface area contributed by atoms with Gasteiger partial charge in [0.1, 0.15) is 5.75 Å². The summed E-state index contributed by atoms with van der Waals surface area (Å²) < 4.78 is 50.4. The lowest BCUT2D eigenvalue weighted by molar-refractivity contribution is -0.189. The number of halogens is 3. The third-order valence-corrected chi connectivity index (χ3v) is 7.32. The molecule has 0 aromatic heterocycles. The minimum atomic E-state index is -5.27. The van der Waals surface area contributed by atoms with Crippen LogP contribution < -0.4 is 15.4 Å². The summed E-state index contributed by atoms with van der Waals surface area (Å²) in [4.78, 5) is 37.2. The molecule has 222 valence electrons. The molecule has 1 aliphatic rings. The van der Waals surface area contributed by atoms with Crippen molar-refractivity contribution in [2.45, 2.75) is 31.2 Å². The van der Waals surface area contributed by atoms with E-state index in [1.807, 2.05) is 42.5 Å². The zero-order valence-corrected chi connectivity index (χ0v) is 23.0. The Bertz CT molecular complexity index is 1620. The van der Waals surface area contributed by atoms with E-state index in [0.29, 0.717) is 37.2 Å². The Morgan fingerprint density at radius 1 is 0.884 bits per heavy atom. The molecule has 5 rings (SSSR count). The molecule has 0 bridgehead atoms. The highest BCUT2D eigenvalue weighted by Gasteiger charge is 2.42. The summed E-state index contributed by atoms with van der Waals surface area (Å²) >= 11 is 0. The van der Waals surface area contributed by atoms with Gasteiger partial charge in [0.25, 0.3) is 5.91 Å². The maximum absolute atomic E-state index is 13.1. The summed E-state index contributed by atoms with van der Waals surface area (Å²) in [7, 11) is 0. The van der Waals surface area contributed by atoms with Crippen molar-refractivity contribution >= 4 is 28.4 Å². The number of esters is 1. The number of ketones is 1. The number of hydrogen-bond acceptors (Lipinski definition) is 6. The van der Waals surface area contributed by atoms with Crippen LogP contribution in [-0.2, 0) is 16.1 Å². The number of benzene rings is 4. The molecule has 43 heavy (non-hydrogen) atoms. The molecule has 7 nitrogen and oxygen atoms in total. The quantitative estimate of drug-likeness (QED) is 0.150. The first-order valence-corrected chi connectivity index (χ1v) is 13.8. The highest BCUT2D eigenvalue weighted by Crippen LogP contribution is 2.33. The van der Waals surface area contributed by atoms with Crippen LogP contribution in [0.25, 0.3) is 10.8 Å². The fourth-order valence-electron chi connectivity index (χ4n) is 5.10. The number of carbonyl (C=O) groups excluding carboxylic acids is 3. The second kappa shape index (κ2) is 13.2. The van der Waals surface area contributed by atoms with Gasteiger partial charge in [0.05, 0.1) is 24.8 Å². The van der Waals surface area contributed by atoms with Crippen LogP contribution in [0.1, 0.15) is 44.2 Å². The highest BCUT2D eigenvalue weighted by molar-refractivity contribution is 6.03. The Morgan fingerprint density at radius 2 is 1.63 bits per heavy atom. The van der Waals surface area contributed by atoms with Gasteiger partial charge in [0.15, 0.2) is 5.78 Å². The topological polar surface area (TPSA) is 93.7 Å². The molecule has 1 aliphatic heterocycles. The van der Waals surface area contributed by atoms with Gasteiger partial charge in [0.2, 0.25) is 0 Å². The summed E-state index contributed by atoms with van der Waals surface area (Å²) in [6.45, 7) is 1.07. The number of Topliss-reactive ketones (excluding diaryl/α,β-unsaturated/α-hetero) is 1. The van der Waals surface area contributed by atoms with Crippen molar-refractivity contribution in [1.82, 2.24) is 10.6 Å². The Morgan fingerprint density at radius 3 is 2.40 bits per heavy atom. The van der Waals surface area contributed by atoms with E-state index >= 15 is 0 Å². The van der Waals surface area contributed by atoms with Crippen LogP contribution in [0, 0.1) is 0 Å². The standard InChI is InChI=1S/C33H29F3N2O5/c34-33(35,36)32(41)43-29-17-25(12-13-27(29)31(40)38-18-28(39)23-7-2-1-3-8-23)26-14-15-37-19-30(26)42-20-21-10-11-22-6-4-5-9-24(22)16-21/h1-13,16-17,26,30,37H,14-15,18-20H2,(H,38,40). The van der Waals surface area contributed by atoms with Gasteiger partial charge in [-0.2, -0.15) is 13.2 Å². The molecule has 2 atom stereocenters. The molecule has 1 fully saturated rings. The Hall–Kier alpha value is -4.54. The van der Waals surface area contributed by atoms with Crippen LogP contribution >= 0.6 is 0 Å². The van der Waals surface area contributed by atoms with E-state index in [-0.39, 0.29) is 23.4 Å². The van der Waals surface area contributed by atoms with Crippen LogP contribution in [0.2, 0.25) is 0 Å². The Balaban J connectivity index is 1.35. The average molecular weight is 591 g/mol. The summed E-state index contributed by atoms with van der Waals surface area (Å²) in [5.41, 5.74) is 1.60. The van der Waals surface area contributed by atoms with Gasteiger partial charge in [-0.15, -0.1) is 0 Å². The predicted octanol–water partition coefficient (Wildman–Crippen LogP) is 5.58. The first kappa shape index (κ1) is 29.9. The van der Waals surface area contributed by atoms with Crippen molar-refractivity contribution in [3.8, 4) is 5.75 Å². The number of fused-ring (bicyclic) bond motifs is 1. The van der Waals surface area contributed by atoms with Crippen molar-refractivity contribution < 1.29 is 37.0 Å². The highest BCUT2D eigenvalue weighted by atomic mass is 19.4. The summed E-state index contributed by atoms with van der Waals surface area (Å²) in [5, 5.41) is 7.89. The van der Waals surface area contributed by atoms with Crippen molar-refractivity contribution in [3.05, 3.63) is 113 Å². The summed E-state index contributed by atoms with van der Waals surface area (Å²) in [6.07, 6.45) is -5.01. The molecular formula is C33H29F3N2O5. The molecule has 0 saturated carbocycles. The van der Waals surface area contributed by atoms with Gasteiger partial charge in [-0.05, 0) is 53.1 Å². The lowest BCUT2D eigenvalue weighted by Crippen LogP contribution is -2.41. The molecule has 0 radical (unpaired) electrons. The van der Waals surface area contributed by atoms with E-state index in [4.69, 9.17) is 9.47 Å². The van der Waals surface area contributed by atoms with Gasteiger partial charge in [-0.25, -0.2) is 4.79 Å². The fourth-order valence-corrected chi connectivity index (χ4v) is 5.10. The largest absolute Gasteiger partial charge is 0.491 e. The summed E-state index contributed by atoms with van der Waals surface area (Å²) in [6, 6.07) is 26.4. The SMILES string of the molecule is O=C(CNC(=O)c1ccc(C2CCNCC2OCc2ccc3ccccc3c2)cc1OC(=O)C(F)(F)F)c1ccccc1. The number of hydrogen-bond donors (Lipinski definition) is 2. The van der Waals surface area contributed by atoms with Gasteiger partial charge >= 0.3 is 12.1 Å². The van der Waals surface area contributed by atoms with Crippen molar-refractivity contribution in [2.75, 3.05) is 19.6 Å². The van der Waals surface area contributed by atoms with E-state index in [1.54, 1.807) is 36.4 Å². The minimum absolute atomic E-state index is 0.248. The molecule has 4 aromatic rings. The van der Waals surface area contributed by atoms with Crippen LogP contribution in [0.5, 0.6) is 5.75 Å². The molecule has 10 heteroatoms. The van der Waals surface area contributed by atoms with E-state index in [2.05, 4.69) is 10.6 Å². The lowest BCUT2D eigenvalue weighted by Gasteiger charge is -2.33. The maximum Gasteiger partial charge on any atom is 0.491 e. The number of alkyl halides is 3. The molecular weight excluding hydrogens is 561 g/mol. The van der Waals surface area contributed by atoms with E-state index in [0.717, 1.165) is 16.3 Å². The Kier molecular flexibility index (Phi) is 9.18. The zero-order valence-electron chi connectivity index (χ0n) is 23.0. The number of rotatable bonds is 9. The molecule has 2 N–H and O–H groups in total. The number of piperidine rings is 1. The normalized spacial score (nSPS) is 16.9. The van der Waals surface area contributed by atoms with Crippen molar-refractivity contribution in [1.29, 1.82) is 0 Å². The van der Waals surface area contributed by atoms with Gasteiger partial charge < -0.3 is 20.1 Å². The molecule has 1 saturated heterocycles. The number of ether oxygens (including phenoxy) is 2. The van der Waals surface area contributed by atoms with Crippen LogP contribution in [0.4, 0.5) is 13.2 Å². The van der Waals surface area contributed by atoms with Crippen molar-refractivity contribution in [3.63, 3.8) is 0 Å². The molecule has 1 heterocycles. The first-order valence-electron chi connectivity index (χ1n) is 13.8. The third kappa shape index (κ3) is 7.46. The van der Waals surface area contributed by atoms with E-state index in [1.165, 1.54) is 12.1 Å². The molecule has 4 aromatic carbocycles.